The fraction of sp³-hybridized carbons (Fsp3) is 0.286. The minimum Gasteiger partial charge on any atom is -0.351 e. The van der Waals surface area contributed by atoms with E-state index in [1.165, 1.54) is 9.75 Å². The van der Waals surface area contributed by atoms with E-state index in [0.29, 0.717) is 0 Å². The maximum atomic E-state index is 4.69. The van der Waals surface area contributed by atoms with E-state index in [1.54, 1.807) is 0 Å². The van der Waals surface area contributed by atoms with Gasteiger partial charge in [-0.05, 0) is 31.2 Å². The molecule has 5 heterocycles. The van der Waals surface area contributed by atoms with E-state index in [0.717, 1.165) is 55.4 Å². The van der Waals surface area contributed by atoms with Gasteiger partial charge in [-0.2, -0.15) is 0 Å². The van der Waals surface area contributed by atoms with Gasteiger partial charge in [0.25, 0.3) is 0 Å². The van der Waals surface area contributed by atoms with E-state index in [2.05, 4.69) is 48.2 Å². The highest BCUT2D eigenvalue weighted by atomic mass is 32.1. The number of hydrogen-bond donors (Lipinski definition) is 0. The van der Waals surface area contributed by atoms with Crippen molar-refractivity contribution in [2.24, 2.45) is 0 Å². The van der Waals surface area contributed by atoms with Crippen LogP contribution in [0.4, 0.5) is 5.82 Å². The van der Waals surface area contributed by atoms with Crippen molar-refractivity contribution >= 4 is 22.8 Å². The summed E-state index contributed by atoms with van der Waals surface area (Å²) < 4.78 is 2.12. The lowest BCUT2D eigenvalue weighted by Gasteiger charge is -2.35. The zero-order valence-corrected chi connectivity index (χ0v) is 16.6. The summed E-state index contributed by atoms with van der Waals surface area (Å²) in [6, 6.07) is 8.47. The summed E-state index contributed by atoms with van der Waals surface area (Å²) in [6.45, 7) is 7.22. The molecule has 6 nitrogen and oxygen atoms in total. The lowest BCUT2D eigenvalue weighted by atomic mass is 10.2. The maximum Gasteiger partial charge on any atom is 0.180 e. The summed E-state index contributed by atoms with van der Waals surface area (Å²) in [5.74, 6) is 0.967. The smallest absolute Gasteiger partial charge is 0.180 e. The third-order valence-corrected chi connectivity index (χ3v) is 6.22. The highest BCUT2D eigenvalue weighted by Crippen LogP contribution is 2.26. The molecule has 0 unspecified atom stereocenters. The molecule has 28 heavy (non-hydrogen) atoms. The first-order valence-electron chi connectivity index (χ1n) is 9.53. The van der Waals surface area contributed by atoms with E-state index in [4.69, 9.17) is 0 Å². The average molecular weight is 391 g/mol. The number of thiophene rings is 1. The van der Waals surface area contributed by atoms with Crippen molar-refractivity contribution in [2.75, 3.05) is 31.1 Å². The van der Waals surface area contributed by atoms with Crippen LogP contribution in [0.5, 0.6) is 0 Å². The summed E-state index contributed by atoms with van der Waals surface area (Å²) in [7, 11) is 0. The molecule has 1 saturated heterocycles. The van der Waals surface area contributed by atoms with Gasteiger partial charge in [-0.15, -0.1) is 11.3 Å². The first-order chi connectivity index (χ1) is 13.8. The summed E-state index contributed by atoms with van der Waals surface area (Å²) in [5, 5.41) is 0. The van der Waals surface area contributed by atoms with Crippen LogP contribution < -0.4 is 4.90 Å². The SMILES string of the molecule is Cc1ccc(CN2CCN(c3nccn4c(-c5ccncc5)cnc34)CC2)s1. The summed E-state index contributed by atoms with van der Waals surface area (Å²) in [5.41, 5.74) is 3.08. The Morgan fingerprint density at radius 3 is 2.54 bits per heavy atom. The molecule has 0 bridgehead atoms. The Balaban J connectivity index is 1.35. The number of rotatable bonds is 4. The van der Waals surface area contributed by atoms with Crippen LogP contribution in [0.3, 0.4) is 0 Å². The van der Waals surface area contributed by atoms with Gasteiger partial charge in [0.2, 0.25) is 0 Å². The number of piperazine rings is 1. The number of fused-ring (bicyclic) bond motifs is 1. The van der Waals surface area contributed by atoms with Gasteiger partial charge in [-0.25, -0.2) is 9.97 Å². The molecule has 142 valence electrons. The molecule has 0 radical (unpaired) electrons. The van der Waals surface area contributed by atoms with Crippen molar-refractivity contribution in [2.45, 2.75) is 13.5 Å². The lowest BCUT2D eigenvalue weighted by Crippen LogP contribution is -2.46. The molecule has 0 atom stereocenters. The van der Waals surface area contributed by atoms with Crippen LogP contribution in [-0.2, 0) is 6.54 Å². The molecule has 0 N–H and O–H groups in total. The van der Waals surface area contributed by atoms with E-state index in [-0.39, 0.29) is 0 Å². The van der Waals surface area contributed by atoms with Gasteiger partial charge < -0.3 is 4.90 Å². The van der Waals surface area contributed by atoms with Gasteiger partial charge in [0.1, 0.15) is 0 Å². The Kier molecular flexibility index (Phi) is 4.54. The predicted octanol–water partition coefficient (Wildman–Crippen LogP) is 3.48. The number of nitrogens with zero attached hydrogens (tertiary/aromatic N) is 6. The third kappa shape index (κ3) is 3.27. The van der Waals surface area contributed by atoms with Crippen molar-refractivity contribution in [3.8, 4) is 11.3 Å². The summed E-state index contributed by atoms with van der Waals surface area (Å²) >= 11 is 1.90. The highest BCUT2D eigenvalue weighted by Gasteiger charge is 2.21. The molecule has 4 aromatic heterocycles. The van der Waals surface area contributed by atoms with Crippen LogP contribution >= 0.6 is 11.3 Å². The summed E-state index contributed by atoms with van der Waals surface area (Å²) in [6.07, 6.45) is 9.40. The summed E-state index contributed by atoms with van der Waals surface area (Å²) in [4.78, 5) is 21.2. The first-order valence-corrected chi connectivity index (χ1v) is 10.3. The van der Waals surface area contributed by atoms with Gasteiger partial charge in [0.15, 0.2) is 11.5 Å². The third-order valence-electron chi connectivity index (χ3n) is 5.23. The maximum absolute atomic E-state index is 4.69. The van der Waals surface area contributed by atoms with Gasteiger partial charge >= 0.3 is 0 Å². The molecule has 0 aliphatic carbocycles. The van der Waals surface area contributed by atoms with E-state index < -0.39 is 0 Å². The highest BCUT2D eigenvalue weighted by molar-refractivity contribution is 7.11. The largest absolute Gasteiger partial charge is 0.351 e. The van der Waals surface area contributed by atoms with Crippen molar-refractivity contribution < 1.29 is 0 Å². The molecule has 1 aliphatic heterocycles. The molecular formula is C21H22N6S. The van der Waals surface area contributed by atoms with Crippen molar-refractivity contribution in [1.82, 2.24) is 24.3 Å². The molecule has 1 fully saturated rings. The van der Waals surface area contributed by atoms with Crippen LogP contribution in [0.1, 0.15) is 9.75 Å². The topological polar surface area (TPSA) is 49.6 Å². The van der Waals surface area contributed by atoms with Gasteiger partial charge in [-0.1, -0.05) is 0 Å². The van der Waals surface area contributed by atoms with Crippen LogP contribution in [0.15, 0.2) is 55.2 Å². The van der Waals surface area contributed by atoms with Gasteiger partial charge in [0, 0.05) is 72.8 Å². The Bertz CT molecular complexity index is 1080. The Morgan fingerprint density at radius 2 is 1.79 bits per heavy atom. The molecule has 5 rings (SSSR count). The average Bonchev–Trinajstić information content (AvgIpc) is 3.35. The second-order valence-electron chi connectivity index (χ2n) is 7.10. The first kappa shape index (κ1) is 17.3. The van der Waals surface area contributed by atoms with Crippen LogP contribution in [0.25, 0.3) is 16.9 Å². The monoisotopic (exact) mass is 390 g/mol. The molecular weight excluding hydrogens is 368 g/mol. The molecule has 7 heteroatoms. The number of anilines is 1. The molecule has 0 amide bonds. The fourth-order valence-corrected chi connectivity index (χ4v) is 4.71. The minimum atomic E-state index is 0.914. The Labute approximate surface area is 168 Å². The number of hydrogen-bond acceptors (Lipinski definition) is 6. The Morgan fingerprint density at radius 1 is 0.964 bits per heavy atom. The van der Waals surface area contributed by atoms with E-state index in [9.17, 15) is 0 Å². The second-order valence-corrected chi connectivity index (χ2v) is 8.47. The van der Waals surface area contributed by atoms with E-state index in [1.807, 2.05) is 54.5 Å². The van der Waals surface area contributed by atoms with Crippen LogP contribution in [0, 0.1) is 6.92 Å². The van der Waals surface area contributed by atoms with Crippen LogP contribution in [0.2, 0.25) is 0 Å². The van der Waals surface area contributed by atoms with Gasteiger partial charge in [-0.3, -0.25) is 14.3 Å². The van der Waals surface area contributed by atoms with Gasteiger partial charge in [0.05, 0.1) is 11.9 Å². The van der Waals surface area contributed by atoms with Crippen molar-refractivity contribution in [1.29, 1.82) is 0 Å². The normalized spacial score (nSPS) is 15.4. The standard InChI is InChI=1S/C21H22N6S/c1-16-2-3-18(28-16)15-25-10-12-26(13-11-25)20-21-24-14-19(27(21)9-8-23-20)17-4-6-22-7-5-17/h2-9,14H,10-13,15H2,1H3. The van der Waals surface area contributed by atoms with E-state index >= 15 is 0 Å². The van der Waals surface area contributed by atoms with Crippen molar-refractivity contribution in [3.63, 3.8) is 0 Å². The quantitative estimate of drug-likeness (QED) is 0.534. The number of pyridine rings is 1. The lowest BCUT2D eigenvalue weighted by molar-refractivity contribution is 0.251. The number of aryl methyl sites for hydroxylation is 1. The van der Waals surface area contributed by atoms with Crippen LogP contribution in [-0.4, -0.2) is 50.4 Å². The molecule has 0 saturated carbocycles. The molecule has 0 spiro atoms. The number of imidazole rings is 1. The zero-order valence-electron chi connectivity index (χ0n) is 15.8. The Hall–Kier alpha value is -2.77. The zero-order chi connectivity index (χ0) is 18.9. The molecule has 4 aromatic rings. The number of aromatic nitrogens is 4. The predicted molar refractivity (Wildman–Crippen MR) is 113 cm³/mol. The second kappa shape index (κ2) is 7.33. The minimum absolute atomic E-state index is 0.914. The molecule has 1 aliphatic rings. The van der Waals surface area contributed by atoms with Crippen molar-refractivity contribution in [3.05, 3.63) is 65.0 Å². The fourth-order valence-electron chi connectivity index (χ4n) is 3.77. The molecule has 0 aromatic carbocycles.